The molecule has 1 fully saturated rings. The summed E-state index contributed by atoms with van der Waals surface area (Å²) in [6.07, 6.45) is 1.96. The largest absolute Gasteiger partial charge is 0.497 e. The van der Waals surface area contributed by atoms with Gasteiger partial charge in [-0.15, -0.1) is 0 Å². The van der Waals surface area contributed by atoms with Crippen LogP contribution in [0.4, 0.5) is 0 Å². The molecule has 0 bridgehead atoms. The Kier molecular flexibility index (Phi) is 3.17. The summed E-state index contributed by atoms with van der Waals surface area (Å²) in [4.78, 5) is 0. The molecule has 3 heteroatoms. The fraction of sp³-hybridized carbons (Fsp3) is 0.538. The predicted molar refractivity (Wildman–Crippen MR) is 63.5 cm³/mol. The van der Waals surface area contributed by atoms with Crippen LogP contribution in [0.1, 0.15) is 24.3 Å². The summed E-state index contributed by atoms with van der Waals surface area (Å²) < 4.78 is 5.20. The minimum Gasteiger partial charge on any atom is -0.497 e. The zero-order chi connectivity index (χ0) is 11.6. The van der Waals surface area contributed by atoms with Crippen LogP contribution < -0.4 is 10.5 Å². The van der Waals surface area contributed by atoms with E-state index in [1.54, 1.807) is 7.11 Å². The van der Waals surface area contributed by atoms with Crippen LogP contribution >= 0.6 is 0 Å². The third-order valence-electron chi connectivity index (χ3n) is 3.69. The maximum Gasteiger partial charge on any atom is 0.119 e. The molecule has 0 radical (unpaired) electrons. The van der Waals surface area contributed by atoms with E-state index in [4.69, 9.17) is 10.5 Å². The van der Waals surface area contributed by atoms with E-state index in [1.807, 2.05) is 12.1 Å². The summed E-state index contributed by atoms with van der Waals surface area (Å²) in [6.45, 7) is 0.772. The Morgan fingerprint density at radius 3 is 2.81 bits per heavy atom. The molecule has 0 saturated heterocycles. The van der Waals surface area contributed by atoms with Crippen LogP contribution in [0.3, 0.4) is 0 Å². The van der Waals surface area contributed by atoms with Gasteiger partial charge in [0.1, 0.15) is 5.75 Å². The molecule has 0 unspecified atom stereocenters. The second-order valence-electron chi connectivity index (χ2n) is 4.74. The number of aliphatic hydroxyl groups excluding tert-OH is 1. The van der Waals surface area contributed by atoms with Crippen LogP contribution in [0.5, 0.6) is 5.75 Å². The van der Waals surface area contributed by atoms with Crippen molar-refractivity contribution in [2.45, 2.75) is 18.8 Å². The van der Waals surface area contributed by atoms with Crippen LogP contribution in [0.25, 0.3) is 0 Å². The number of ether oxygens (including phenoxy) is 1. The van der Waals surface area contributed by atoms with Gasteiger partial charge in [0, 0.05) is 18.6 Å². The topological polar surface area (TPSA) is 55.5 Å². The normalized spacial score (nSPS) is 28.6. The Labute approximate surface area is 96.2 Å². The first kappa shape index (κ1) is 11.4. The molecule has 2 rings (SSSR count). The Balaban J connectivity index is 2.05. The zero-order valence-corrected chi connectivity index (χ0v) is 9.65. The fourth-order valence-electron chi connectivity index (χ4n) is 2.48. The lowest BCUT2D eigenvalue weighted by Crippen LogP contribution is -2.44. The first-order valence-electron chi connectivity index (χ1n) is 5.68. The number of hydrogen-bond acceptors (Lipinski definition) is 3. The lowest BCUT2D eigenvalue weighted by Gasteiger charge is -2.46. The minimum atomic E-state index is -0.0340. The maximum absolute atomic E-state index is 9.30. The number of hydrogen-bond donors (Lipinski definition) is 2. The summed E-state index contributed by atoms with van der Waals surface area (Å²) in [5, 5.41) is 9.30. The zero-order valence-electron chi connectivity index (χ0n) is 9.65. The Bertz CT molecular complexity index is 353. The maximum atomic E-state index is 9.30. The second-order valence-corrected chi connectivity index (χ2v) is 4.74. The first-order chi connectivity index (χ1) is 7.73. The SMILES string of the molecule is COc1cccc(C2CC(CN)(CO)C2)c1. The van der Waals surface area contributed by atoms with Crippen LogP contribution in [0, 0.1) is 5.41 Å². The molecule has 1 saturated carbocycles. The molecule has 1 aromatic rings. The molecule has 3 N–H and O–H groups in total. The van der Waals surface area contributed by atoms with Crippen molar-refractivity contribution in [1.82, 2.24) is 0 Å². The minimum absolute atomic E-state index is 0.0340. The Hall–Kier alpha value is -1.06. The third-order valence-corrected chi connectivity index (χ3v) is 3.69. The molecule has 16 heavy (non-hydrogen) atoms. The second kappa shape index (κ2) is 4.44. The fourth-order valence-corrected chi connectivity index (χ4v) is 2.48. The quantitative estimate of drug-likeness (QED) is 0.810. The summed E-state index contributed by atoms with van der Waals surface area (Å²) in [5.74, 6) is 1.41. The average Bonchev–Trinajstić information content (AvgIpc) is 2.29. The van der Waals surface area contributed by atoms with Gasteiger partial charge in [-0.2, -0.15) is 0 Å². The van der Waals surface area contributed by atoms with E-state index in [1.165, 1.54) is 5.56 Å². The van der Waals surface area contributed by atoms with E-state index < -0.39 is 0 Å². The summed E-state index contributed by atoms with van der Waals surface area (Å²) in [6, 6.07) is 8.15. The van der Waals surface area contributed by atoms with Crippen LogP contribution in [0.2, 0.25) is 0 Å². The molecule has 0 heterocycles. The Morgan fingerprint density at radius 1 is 1.50 bits per heavy atom. The molecule has 3 nitrogen and oxygen atoms in total. The van der Waals surface area contributed by atoms with Gasteiger partial charge in [-0.05, 0) is 36.5 Å². The van der Waals surface area contributed by atoms with Crippen LogP contribution in [-0.4, -0.2) is 25.4 Å². The molecule has 1 aliphatic carbocycles. The van der Waals surface area contributed by atoms with Gasteiger partial charge in [0.05, 0.1) is 7.11 Å². The number of benzene rings is 1. The van der Waals surface area contributed by atoms with Crippen molar-refractivity contribution in [2.75, 3.05) is 20.3 Å². The summed E-state index contributed by atoms with van der Waals surface area (Å²) in [7, 11) is 1.68. The highest BCUT2D eigenvalue weighted by Gasteiger charge is 2.43. The lowest BCUT2D eigenvalue weighted by molar-refractivity contribution is 0.0336. The van der Waals surface area contributed by atoms with Gasteiger partial charge in [-0.1, -0.05) is 12.1 Å². The molecule has 0 aliphatic heterocycles. The average molecular weight is 221 g/mol. The molecular weight excluding hydrogens is 202 g/mol. The molecule has 0 spiro atoms. The van der Waals surface area contributed by atoms with Crippen molar-refractivity contribution in [3.63, 3.8) is 0 Å². The standard InChI is InChI=1S/C13H19NO2/c1-16-12-4-2-3-10(5-12)11-6-13(7-11,8-14)9-15/h2-5,11,15H,6-9,14H2,1H3. The van der Waals surface area contributed by atoms with Gasteiger partial charge >= 0.3 is 0 Å². The van der Waals surface area contributed by atoms with E-state index in [0.717, 1.165) is 18.6 Å². The van der Waals surface area contributed by atoms with Crippen molar-refractivity contribution in [2.24, 2.45) is 11.1 Å². The Morgan fingerprint density at radius 2 is 2.25 bits per heavy atom. The highest BCUT2D eigenvalue weighted by Crippen LogP contribution is 2.50. The van der Waals surface area contributed by atoms with Crippen LogP contribution in [0.15, 0.2) is 24.3 Å². The number of aliphatic hydroxyl groups is 1. The molecule has 88 valence electrons. The molecular formula is C13H19NO2. The first-order valence-corrected chi connectivity index (χ1v) is 5.68. The van der Waals surface area contributed by atoms with Gasteiger partial charge in [0.2, 0.25) is 0 Å². The summed E-state index contributed by atoms with van der Waals surface area (Å²) in [5.41, 5.74) is 6.95. The van der Waals surface area contributed by atoms with E-state index >= 15 is 0 Å². The number of methoxy groups -OCH3 is 1. The van der Waals surface area contributed by atoms with Crippen molar-refractivity contribution >= 4 is 0 Å². The third kappa shape index (κ3) is 1.93. The van der Waals surface area contributed by atoms with Gasteiger partial charge in [0.15, 0.2) is 0 Å². The predicted octanol–water partition coefficient (Wildman–Crippen LogP) is 1.51. The van der Waals surface area contributed by atoms with Crippen molar-refractivity contribution in [3.05, 3.63) is 29.8 Å². The van der Waals surface area contributed by atoms with Crippen LogP contribution in [-0.2, 0) is 0 Å². The molecule has 1 aliphatic rings. The van der Waals surface area contributed by atoms with Gasteiger partial charge in [-0.3, -0.25) is 0 Å². The molecule has 0 amide bonds. The van der Waals surface area contributed by atoms with Crippen molar-refractivity contribution < 1.29 is 9.84 Å². The molecule has 1 aromatic carbocycles. The van der Waals surface area contributed by atoms with E-state index in [9.17, 15) is 5.11 Å². The highest BCUT2D eigenvalue weighted by molar-refractivity contribution is 5.32. The van der Waals surface area contributed by atoms with E-state index in [0.29, 0.717) is 12.5 Å². The lowest BCUT2D eigenvalue weighted by atomic mass is 9.60. The van der Waals surface area contributed by atoms with E-state index in [-0.39, 0.29) is 12.0 Å². The monoisotopic (exact) mass is 221 g/mol. The van der Waals surface area contributed by atoms with Crippen molar-refractivity contribution in [1.29, 1.82) is 0 Å². The molecule has 0 aromatic heterocycles. The van der Waals surface area contributed by atoms with Crippen molar-refractivity contribution in [3.8, 4) is 5.75 Å². The van der Waals surface area contributed by atoms with Gasteiger partial charge in [-0.25, -0.2) is 0 Å². The van der Waals surface area contributed by atoms with Gasteiger partial charge < -0.3 is 15.6 Å². The summed E-state index contributed by atoms with van der Waals surface area (Å²) >= 11 is 0. The van der Waals surface area contributed by atoms with Gasteiger partial charge in [0.25, 0.3) is 0 Å². The number of rotatable bonds is 4. The highest BCUT2D eigenvalue weighted by atomic mass is 16.5. The smallest absolute Gasteiger partial charge is 0.119 e. The number of nitrogens with two attached hydrogens (primary N) is 1. The van der Waals surface area contributed by atoms with E-state index in [2.05, 4.69) is 12.1 Å². The molecule has 0 atom stereocenters.